The fraction of sp³-hybridized carbons (Fsp3) is 0.611. The van der Waals surface area contributed by atoms with Crippen LogP contribution in [-0.2, 0) is 16.1 Å². The molecule has 5 heteroatoms. The van der Waals surface area contributed by atoms with Gasteiger partial charge in [-0.15, -0.1) is 0 Å². The van der Waals surface area contributed by atoms with Crippen molar-refractivity contribution in [1.29, 1.82) is 0 Å². The van der Waals surface area contributed by atoms with Crippen LogP contribution in [-0.4, -0.2) is 38.9 Å². The smallest absolute Gasteiger partial charge is 0.251 e. The number of hydrogen-bond acceptors (Lipinski definition) is 4. The largest absolute Gasteiger partial charge is 0.496 e. The number of benzene rings is 1. The fourth-order valence-corrected chi connectivity index (χ4v) is 2.55. The summed E-state index contributed by atoms with van der Waals surface area (Å²) in [6.45, 7) is 6.68. The van der Waals surface area contributed by atoms with Crippen LogP contribution < -0.4 is 10.1 Å². The van der Waals surface area contributed by atoms with E-state index >= 15 is 0 Å². The van der Waals surface area contributed by atoms with E-state index in [2.05, 4.69) is 19.2 Å². The molecule has 2 rings (SSSR count). The number of amides is 1. The summed E-state index contributed by atoms with van der Waals surface area (Å²) in [4.78, 5) is 12.3. The van der Waals surface area contributed by atoms with Crippen LogP contribution in [0.5, 0.6) is 5.75 Å². The maximum Gasteiger partial charge on any atom is 0.251 e. The van der Waals surface area contributed by atoms with E-state index in [0.29, 0.717) is 31.2 Å². The van der Waals surface area contributed by atoms with E-state index in [1.807, 2.05) is 12.1 Å². The molecule has 23 heavy (non-hydrogen) atoms. The zero-order valence-electron chi connectivity index (χ0n) is 14.3. The molecule has 0 aliphatic carbocycles. The Bertz CT molecular complexity index is 510. The molecule has 0 aromatic heterocycles. The molecule has 1 saturated heterocycles. The lowest BCUT2D eigenvalue weighted by Gasteiger charge is -2.14. The minimum atomic E-state index is -0.0896. The van der Waals surface area contributed by atoms with Crippen LogP contribution >= 0.6 is 0 Å². The van der Waals surface area contributed by atoms with Gasteiger partial charge in [0.15, 0.2) is 0 Å². The highest BCUT2D eigenvalue weighted by molar-refractivity contribution is 5.94. The molecular weight excluding hydrogens is 294 g/mol. The summed E-state index contributed by atoms with van der Waals surface area (Å²) in [6, 6.07) is 5.43. The zero-order chi connectivity index (χ0) is 16.7. The molecular formula is C18H27NO4. The summed E-state index contributed by atoms with van der Waals surface area (Å²) in [7, 11) is 1.62. The number of carbonyl (C=O) groups is 1. The van der Waals surface area contributed by atoms with Crippen LogP contribution in [0.15, 0.2) is 18.2 Å². The first-order valence-corrected chi connectivity index (χ1v) is 8.24. The van der Waals surface area contributed by atoms with Crippen LogP contribution in [0.4, 0.5) is 0 Å². The Morgan fingerprint density at radius 3 is 2.91 bits per heavy atom. The van der Waals surface area contributed by atoms with Crippen LogP contribution in [0.3, 0.4) is 0 Å². The number of carbonyl (C=O) groups excluding carboxylic acids is 1. The lowest BCUT2D eigenvalue weighted by Crippen LogP contribution is -2.31. The van der Waals surface area contributed by atoms with Crippen molar-refractivity contribution in [3.05, 3.63) is 29.3 Å². The highest BCUT2D eigenvalue weighted by Crippen LogP contribution is 2.21. The number of methoxy groups -OCH3 is 1. The van der Waals surface area contributed by atoms with E-state index in [1.54, 1.807) is 13.2 Å². The summed E-state index contributed by atoms with van der Waals surface area (Å²) >= 11 is 0. The highest BCUT2D eigenvalue weighted by Gasteiger charge is 2.17. The lowest BCUT2D eigenvalue weighted by molar-refractivity contribution is 0.0855. The molecule has 1 aromatic rings. The predicted molar refractivity (Wildman–Crippen MR) is 88.8 cm³/mol. The number of ether oxygens (including phenoxy) is 3. The van der Waals surface area contributed by atoms with Gasteiger partial charge in [0.2, 0.25) is 0 Å². The second-order valence-corrected chi connectivity index (χ2v) is 6.28. The number of nitrogens with one attached hydrogen (secondary N) is 1. The van der Waals surface area contributed by atoms with Crippen LogP contribution in [0.2, 0.25) is 0 Å². The molecule has 1 aliphatic heterocycles. The highest BCUT2D eigenvalue weighted by atomic mass is 16.5. The molecule has 1 amide bonds. The average Bonchev–Trinajstić information content (AvgIpc) is 3.05. The van der Waals surface area contributed by atoms with Gasteiger partial charge in [-0.2, -0.15) is 0 Å². The lowest BCUT2D eigenvalue weighted by atomic mass is 10.1. The van der Waals surface area contributed by atoms with Crippen LogP contribution in [0, 0.1) is 5.92 Å². The van der Waals surface area contributed by atoms with Crippen LogP contribution in [0.1, 0.15) is 42.6 Å². The average molecular weight is 321 g/mol. The molecule has 0 unspecified atom stereocenters. The molecule has 0 spiro atoms. The molecule has 1 aromatic carbocycles. The number of rotatable bonds is 8. The molecule has 1 heterocycles. The van der Waals surface area contributed by atoms with Gasteiger partial charge in [0.05, 0.1) is 19.8 Å². The maximum absolute atomic E-state index is 12.3. The minimum Gasteiger partial charge on any atom is -0.496 e. The van der Waals surface area contributed by atoms with E-state index in [0.717, 1.165) is 30.8 Å². The third-order valence-corrected chi connectivity index (χ3v) is 3.77. The molecule has 0 bridgehead atoms. The molecule has 1 N–H and O–H groups in total. The molecule has 0 radical (unpaired) electrons. The quantitative estimate of drug-likeness (QED) is 0.800. The zero-order valence-corrected chi connectivity index (χ0v) is 14.3. The van der Waals surface area contributed by atoms with E-state index in [4.69, 9.17) is 14.2 Å². The molecule has 128 valence electrons. The van der Waals surface area contributed by atoms with Gasteiger partial charge in [0, 0.05) is 30.9 Å². The summed E-state index contributed by atoms with van der Waals surface area (Å²) in [5, 5.41) is 2.93. The molecule has 5 nitrogen and oxygen atoms in total. The number of hydrogen-bond donors (Lipinski definition) is 1. The monoisotopic (exact) mass is 321 g/mol. The summed E-state index contributed by atoms with van der Waals surface area (Å²) < 4.78 is 16.5. The summed E-state index contributed by atoms with van der Waals surface area (Å²) in [6.07, 6.45) is 2.23. The van der Waals surface area contributed by atoms with Crippen molar-refractivity contribution < 1.29 is 19.0 Å². The van der Waals surface area contributed by atoms with Crippen molar-refractivity contribution in [3.63, 3.8) is 0 Å². The Kier molecular flexibility index (Phi) is 6.86. The van der Waals surface area contributed by atoms with Crippen molar-refractivity contribution in [1.82, 2.24) is 5.32 Å². The second-order valence-electron chi connectivity index (χ2n) is 6.28. The Morgan fingerprint density at radius 2 is 2.26 bits per heavy atom. The van der Waals surface area contributed by atoms with Crippen LogP contribution in [0.25, 0.3) is 0 Å². The molecule has 1 aliphatic rings. The molecule has 1 fully saturated rings. The first-order valence-electron chi connectivity index (χ1n) is 8.24. The van der Waals surface area contributed by atoms with Gasteiger partial charge >= 0.3 is 0 Å². The minimum absolute atomic E-state index is 0.0896. The predicted octanol–water partition coefficient (Wildman–Crippen LogP) is 2.78. The van der Waals surface area contributed by atoms with Crippen molar-refractivity contribution in [2.24, 2.45) is 5.92 Å². The molecule has 1 atom stereocenters. The van der Waals surface area contributed by atoms with E-state index in [1.165, 1.54) is 0 Å². The Labute approximate surface area is 138 Å². The van der Waals surface area contributed by atoms with Gasteiger partial charge in [-0.3, -0.25) is 4.79 Å². The first kappa shape index (κ1) is 17.8. The van der Waals surface area contributed by atoms with E-state index in [-0.39, 0.29) is 12.0 Å². The van der Waals surface area contributed by atoms with Gasteiger partial charge in [0.1, 0.15) is 5.75 Å². The maximum atomic E-state index is 12.3. The van der Waals surface area contributed by atoms with E-state index in [9.17, 15) is 4.79 Å². The topological polar surface area (TPSA) is 56.8 Å². The second kappa shape index (κ2) is 8.89. The third kappa shape index (κ3) is 5.52. The summed E-state index contributed by atoms with van der Waals surface area (Å²) in [5.41, 5.74) is 1.50. The normalized spacial score (nSPS) is 17.5. The first-order chi connectivity index (χ1) is 11.1. The SMILES string of the molecule is COc1ccc(C(=O)NC[C@@H]2CCCO2)cc1COCC(C)C. The Hall–Kier alpha value is -1.59. The van der Waals surface area contributed by atoms with Crippen molar-refractivity contribution in [2.45, 2.75) is 39.4 Å². The van der Waals surface area contributed by atoms with Crippen molar-refractivity contribution >= 4 is 5.91 Å². The molecule has 0 saturated carbocycles. The standard InChI is InChI=1S/C18H27NO4/c1-13(2)11-22-12-15-9-14(6-7-17(15)21-3)18(20)19-10-16-5-4-8-23-16/h6-7,9,13,16H,4-5,8,10-12H2,1-3H3,(H,19,20)/t16-/m0/s1. The fourth-order valence-electron chi connectivity index (χ4n) is 2.55. The van der Waals surface area contributed by atoms with Gasteiger partial charge in [-0.05, 0) is 37.0 Å². The van der Waals surface area contributed by atoms with Crippen molar-refractivity contribution in [3.8, 4) is 5.75 Å². The van der Waals surface area contributed by atoms with Gasteiger partial charge in [-0.25, -0.2) is 0 Å². The Morgan fingerprint density at radius 1 is 1.43 bits per heavy atom. The third-order valence-electron chi connectivity index (χ3n) is 3.77. The van der Waals surface area contributed by atoms with Gasteiger partial charge in [0.25, 0.3) is 5.91 Å². The summed E-state index contributed by atoms with van der Waals surface area (Å²) in [5.74, 6) is 1.12. The van der Waals surface area contributed by atoms with Crippen molar-refractivity contribution in [2.75, 3.05) is 26.9 Å². The Balaban J connectivity index is 1.95. The van der Waals surface area contributed by atoms with Gasteiger partial charge in [-0.1, -0.05) is 13.8 Å². The van der Waals surface area contributed by atoms with E-state index < -0.39 is 0 Å². The van der Waals surface area contributed by atoms with Gasteiger partial charge < -0.3 is 19.5 Å².